The van der Waals surface area contributed by atoms with Crippen molar-refractivity contribution in [1.82, 2.24) is 19.7 Å². The van der Waals surface area contributed by atoms with E-state index < -0.39 is 0 Å². The molecule has 0 aliphatic carbocycles. The normalized spacial score (nSPS) is 14.1. The molecule has 0 radical (unpaired) electrons. The molecule has 1 saturated heterocycles. The second-order valence-electron chi connectivity index (χ2n) is 8.32. The van der Waals surface area contributed by atoms with Crippen LogP contribution in [0.1, 0.15) is 38.5 Å². The van der Waals surface area contributed by atoms with Gasteiger partial charge in [-0.15, -0.1) is 10.2 Å². The van der Waals surface area contributed by atoms with Crippen LogP contribution >= 0.6 is 11.8 Å². The second kappa shape index (κ2) is 8.06. The summed E-state index contributed by atoms with van der Waals surface area (Å²) in [5.41, 5.74) is 2.37. The molecule has 4 rings (SSSR count). The molecule has 6 nitrogen and oxygen atoms in total. The van der Waals surface area contributed by atoms with Crippen LogP contribution in [0.2, 0.25) is 0 Å². The summed E-state index contributed by atoms with van der Waals surface area (Å²) in [6.07, 6.45) is 2.76. The second-order valence-corrected chi connectivity index (χ2v) is 9.26. The van der Waals surface area contributed by atoms with Crippen LogP contribution in [0.4, 0.5) is 0 Å². The van der Waals surface area contributed by atoms with Crippen LogP contribution in [-0.2, 0) is 16.8 Å². The van der Waals surface area contributed by atoms with Gasteiger partial charge in [-0.25, -0.2) is 0 Å². The van der Waals surface area contributed by atoms with Crippen LogP contribution in [0.5, 0.6) is 0 Å². The summed E-state index contributed by atoms with van der Waals surface area (Å²) in [5.74, 6) is 2.14. The molecule has 3 aromatic rings. The van der Waals surface area contributed by atoms with Crippen LogP contribution in [0, 0.1) is 0 Å². The standard InChI is InChI=1S/C22H26N4O2S/c1-22(2,3)17-9-7-16(8-10-17)20-23-24-21(26(20)14-18-6-4-13-28-18)29-15-19(27)25-11-5-12-25/h4,6-10,13H,5,11-12,14-15H2,1-3H3. The summed E-state index contributed by atoms with van der Waals surface area (Å²) in [5, 5.41) is 9.55. The van der Waals surface area contributed by atoms with Gasteiger partial charge in [0.15, 0.2) is 11.0 Å². The fourth-order valence-electron chi connectivity index (χ4n) is 3.21. The number of carbonyl (C=O) groups excluding carboxylic acids is 1. The zero-order valence-corrected chi connectivity index (χ0v) is 17.9. The van der Waals surface area contributed by atoms with E-state index in [4.69, 9.17) is 4.42 Å². The molecule has 3 heterocycles. The van der Waals surface area contributed by atoms with Gasteiger partial charge in [-0.2, -0.15) is 0 Å². The van der Waals surface area contributed by atoms with Crippen molar-refractivity contribution in [2.24, 2.45) is 0 Å². The molecular formula is C22H26N4O2S. The Morgan fingerprint density at radius 3 is 2.48 bits per heavy atom. The quantitative estimate of drug-likeness (QED) is 0.570. The number of benzene rings is 1. The Bertz CT molecular complexity index is 967. The number of thioether (sulfide) groups is 1. The molecule has 0 atom stereocenters. The molecule has 2 aromatic heterocycles. The molecule has 1 amide bonds. The first-order valence-corrected chi connectivity index (χ1v) is 10.9. The molecule has 1 aromatic carbocycles. The highest BCUT2D eigenvalue weighted by Gasteiger charge is 2.22. The van der Waals surface area contributed by atoms with Gasteiger partial charge in [0.2, 0.25) is 5.91 Å². The van der Waals surface area contributed by atoms with Gasteiger partial charge in [-0.3, -0.25) is 9.36 Å². The Morgan fingerprint density at radius 2 is 1.90 bits per heavy atom. The smallest absolute Gasteiger partial charge is 0.233 e. The molecule has 0 saturated carbocycles. The van der Waals surface area contributed by atoms with Crippen molar-refractivity contribution in [2.75, 3.05) is 18.8 Å². The molecule has 29 heavy (non-hydrogen) atoms. The first kappa shape index (κ1) is 19.8. The maximum absolute atomic E-state index is 12.3. The summed E-state index contributed by atoms with van der Waals surface area (Å²) < 4.78 is 7.57. The third kappa shape index (κ3) is 4.40. The van der Waals surface area contributed by atoms with Crippen LogP contribution in [0.25, 0.3) is 11.4 Å². The molecule has 0 bridgehead atoms. The Kier molecular flexibility index (Phi) is 5.50. The Hall–Kier alpha value is -2.54. The first-order chi connectivity index (χ1) is 13.9. The zero-order chi connectivity index (χ0) is 20.4. The minimum atomic E-state index is 0.0958. The molecule has 1 fully saturated rings. The Labute approximate surface area is 175 Å². The fraction of sp³-hybridized carbons (Fsp3) is 0.409. The topological polar surface area (TPSA) is 64.2 Å². The highest BCUT2D eigenvalue weighted by atomic mass is 32.2. The van der Waals surface area contributed by atoms with E-state index in [0.717, 1.165) is 41.8 Å². The van der Waals surface area contributed by atoms with Crippen molar-refractivity contribution in [3.8, 4) is 11.4 Å². The number of hydrogen-bond acceptors (Lipinski definition) is 5. The van der Waals surface area contributed by atoms with Crippen LogP contribution in [0.3, 0.4) is 0 Å². The Balaban J connectivity index is 1.60. The van der Waals surface area contributed by atoms with E-state index in [9.17, 15) is 4.79 Å². The van der Waals surface area contributed by atoms with Gasteiger partial charge >= 0.3 is 0 Å². The van der Waals surface area contributed by atoms with Crippen molar-refractivity contribution in [2.45, 2.75) is 44.3 Å². The summed E-state index contributed by atoms with van der Waals surface area (Å²) in [4.78, 5) is 14.1. The molecule has 1 aliphatic heterocycles. The van der Waals surface area contributed by atoms with E-state index in [1.807, 2.05) is 21.6 Å². The van der Waals surface area contributed by atoms with Crippen LogP contribution < -0.4 is 0 Å². The van der Waals surface area contributed by atoms with Crippen molar-refractivity contribution >= 4 is 17.7 Å². The number of carbonyl (C=O) groups is 1. The lowest BCUT2D eigenvalue weighted by atomic mass is 9.87. The molecule has 0 spiro atoms. The minimum absolute atomic E-state index is 0.0958. The van der Waals surface area contributed by atoms with E-state index in [-0.39, 0.29) is 11.3 Å². The summed E-state index contributed by atoms with van der Waals surface area (Å²) >= 11 is 1.43. The molecular weight excluding hydrogens is 384 g/mol. The molecule has 7 heteroatoms. The van der Waals surface area contributed by atoms with E-state index in [2.05, 4.69) is 55.2 Å². The highest BCUT2D eigenvalue weighted by molar-refractivity contribution is 7.99. The number of likely N-dealkylation sites (tertiary alicyclic amines) is 1. The van der Waals surface area contributed by atoms with Crippen molar-refractivity contribution in [3.63, 3.8) is 0 Å². The lowest BCUT2D eigenvalue weighted by Gasteiger charge is -2.30. The average Bonchev–Trinajstić information content (AvgIpc) is 3.28. The van der Waals surface area contributed by atoms with Gasteiger partial charge in [-0.1, -0.05) is 56.8 Å². The minimum Gasteiger partial charge on any atom is -0.467 e. The van der Waals surface area contributed by atoms with Crippen molar-refractivity contribution in [1.29, 1.82) is 0 Å². The lowest BCUT2D eigenvalue weighted by molar-refractivity contribution is -0.131. The fourth-order valence-corrected chi connectivity index (χ4v) is 4.05. The van der Waals surface area contributed by atoms with Gasteiger partial charge in [0, 0.05) is 18.7 Å². The largest absolute Gasteiger partial charge is 0.467 e. The molecule has 1 aliphatic rings. The number of aromatic nitrogens is 3. The number of rotatable bonds is 6. The maximum atomic E-state index is 12.3. The zero-order valence-electron chi connectivity index (χ0n) is 17.1. The molecule has 152 valence electrons. The average molecular weight is 411 g/mol. The van der Waals surface area contributed by atoms with Gasteiger partial charge < -0.3 is 9.32 Å². The predicted molar refractivity (Wildman–Crippen MR) is 114 cm³/mol. The van der Waals surface area contributed by atoms with E-state index in [1.54, 1.807) is 6.26 Å². The highest BCUT2D eigenvalue weighted by Crippen LogP contribution is 2.28. The molecule has 0 unspecified atom stereocenters. The van der Waals surface area contributed by atoms with Crippen LogP contribution in [-0.4, -0.2) is 44.4 Å². The van der Waals surface area contributed by atoms with Gasteiger partial charge in [0.25, 0.3) is 0 Å². The van der Waals surface area contributed by atoms with Crippen molar-refractivity contribution in [3.05, 3.63) is 54.0 Å². The summed E-state index contributed by atoms with van der Waals surface area (Å²) in [6.45, 7) is 8.85. The summed E-state index contributed by atoms with van der Waals surface area (Å²) in [6, 6.07) is 12.3. The van der Waals surface area contributed by atoms with Crippen LogP contribution in [0.15, 0.2) is 52.2 Å². The third-order valence-corrected chi connectivity index (χ3v) is 6.11. The number of hydrogen-bond donors (Lipinski definition) is 0. The number of nitrogens with zero attached hydrogens (tertiary/aromatic N) is 4. The monoisotopic (exact) mass is 410 g/mol. The van der Waals surface area contributed by atoms with Gasteiger partial charge in [0.1, 0.15) is 5.76 Å². The van der Waals surface area contributed by atoms with E-state index >= 15 is 0 Å². The van der Waals surface area contributed by atoms with Gasteiger partial charge in [0.05, 0.1) is 18.6 Å². The molecule has 0 N–H and O–H groups in total. The van der Waals surface area contributed by atoms with Gasteiger partial charge in [-0.05, 0) is 29.5 Å². The number of furan rings is 1. The van der Waals surface area contributed by atoms with E-state index in [1.165, 1.54) is 17.3 Å². The predicted octanol–water partition coefficient (Wildman–Crippen LogP) is 4.21. The lowest BCUT2D eigenvalue weighted by Crippen LogP contribution is -2.43. The first-order valence-electron chi connectivity index (χ1n) is 9.89. The summed E-state index contributed by atoms with van der Waals surface area (Å²) in [7, 11) is 0. The third-order valence-electron chi connectivity index (χ3n) is 5.15. The maximum Gasteiger partial charge on any atom is 0.233 e. The SMILES string of the molecule is CC(C)(C)c1ccc(-c2nnc(SCC(=O)N3CCC3)n2Cc2ccco2)cc1. The van der Waals surface area contributed by atoms with E-state index in [0.29, 0.717) is 12.3 Å². The Morgan fingerprint density at radius 1 is 1.14 bits per heavy atom. The van der Waals surface area contributed by atoms with Crippen molar-refractivity contribution < 1.29 is 9.21 Å². The number of amides is 1.